The average molecular weight is 249 g/mol. The van der Waals surface area contributed by atoms with Crippen LogP contribution in [0.5, 0.6) is 5.75 Å². The fourth-order valence-electron chi connectivity index (χ4n) is 2.39. The maximum atomic E-state index is 9.77. The maximum absolute atomic E-state index is 9.77. The van der Waals surface area contributed by atoms with Crippen molar-refractivity contribution in [1.29, 1.82) is 0 Å². The van der Waals surface area contributed by atoms with Gasteiger partial charge in [-0.1, -0.05) is 0 Å². The van der Waals surface area contributed by atoms with Crippen molar-refractivity contribution < 1.29 is 14.9 Å². The van der Waals surface area contributed by atoms with Crippen LogP contribution in [0.1, 0.15) is 19.1 Å². The van der Waals surface area contributed by atoms with Crippen LogP contribution in [0.25, 0.3) is 11.0 Å². The van der Waals surface area contributed by atoms with Gasteiger partial charge in [0.1, 0.15) is 17.5 Å². The average Bonchev–Trinajstić information content (AvgIpc) is 2.93. The van der Waals surface area contributed by atoms with Crippen molar-refractivity contribution in [2.24, 2.45) is 0 Å². The fourth-order valence-corrected chi connectivity index (χ4v) is 2.39. The number of benzene rings is 1. The monoisotopic (exact) mass is 249 g/mol. The molecule has 1 fully saturated rings. The summed E-state index contributed by atoms with van der Waals surface area (Å²) in [7, 11) is 0. The number of phenols is 1. The van der Waals surface area contributed by atoms with Crippen LogP contribution in [0.2, 0.25) is 0 Å². The van der Waals surface area contributed by atoms with E-state index in [1.54, 1.807) is 12.4 Å². The third-order valence-electron chi connectivity index (χ3n) is 3.28. The minimum atomic E-state index is -0.159. The van der Waals surface area contributed by atoms with Crippen LogP contribution >= 0.6 is 0 Å². The Hall–Kier alpha value is -1.79. The van der Waals surface area contributed by atoms with Gasteiger partial charge < -0.3 is 25.3 Å². The Morgan fingerprint density at radius 1 is 1.44 bits per heavy atom. The maximum Gasteiger partial charge on any atom is 0.145 e. The molecule has 96 valence electrons. The van der Waals surface area contributed by atoms with E-state index in [2.05, 4.69) is 4.98 Å². The van der Waals surface area contributed by atoms with Gasteiger partial charge in [0.05, 0.1) is 24.6 Å². The van der Waals surface area contributed by atoms with E-state index in [1.165, 1.54) is 6.07 Å². The van der Waals surface area contributed by atoms with Crippen LogP contribution in [-0.2, 0) is 4.74 Å². The summed E-state index contributed by atoms with van der Waals surface area (Å²) in [5.74, 6) is 0.0699. The third kappa shape index (κ3) is 1.70. The quantitative estimate of drug-likeness (QED) is 0.690. The van der Waals surface area contributed by atoms with Gasteiger partial charge in [-0.2, -0.15) is 0 Å². The summed E-state index contributed by atoms with van der Waals surface area (Å²) in [5, 5.41) is 18.8. The molecule has 1 aliphatic heterocycles. The second kappa shape index (κ2) is 4.15. The number of aliphatic hydroxyl groups excluding tert-OH is 1. The number of imidazole rings is 1. The molecule has 3 rings (SSSR count). The van der Waals surface area contributed by atoms with Crippen molar-refractivity contribution in [2.75, 3.05) is 12.3 Å². The summed E-state index contributed by atoms with van der Waals surface area (Å²) in [6.45, 7) is 0.0243. The number of aromatic hydroxyl groups is 1. The lowest BCUT2D eigenvalue weighted by Gasteiger charge is -2.14. The number of hydrogen-bond donors (Lipinski definition) is 3. The molecule has 1 aromatic heterocycles. The van der Waals surface area contributed by atoms with Crippen LogP contribution in [0.4, 0.5) is 5.69 Å². The molecule has 0 radical (unpaired) electrons. The topological polar surface area (TPSA) is 93.5 Å². The van der Waals surface area contributed by atoms with Gasteiger partial charge in [0.2, 0.25) is 0 Å². The minimum absolute atomic E-state index is 0.0243. The number of fused-ring (bicyclic) bond motifs is 1. The first-order valence-corrected chi connectivity index (χ1v) is 5.90. The van der Waals surface area contributed by atoms with Gasteiger partial charge in [-0.05, 0) is 18.9 Å². The molecule has 0 spiro atoms. The predicted octanol–water partition coefficient (Wildman–Crippen LogP) is 0.994. The normalized spacial score (nSPS) is 23.8. The molecule has 0 bridgehead atoms. The van der Waals surface area contributed by atoms with Gasteiger partial charge >= 0.3 is 0 Å². The van der Waals surface area contributed by atoms with Crippen molar-refractivity contribution in [3.05, 3.63) is 18.5 Å². The third-order valence-corrected chi connectivity index (χ3v) is 3.28. The van der Waals surface area contributed by atoms with Gasteiger partial charge in [-0.3, -0.25) is 0 Å². The zero-order valence-corrected chi connectivity index (χ0v) is 9.78. The number of hydrogen-bond acceptors (Lipinski definition) is 5. The molecule has 4 N–H and O–H groups in total. The first kappa shape index (κ1) is 11.3. The summed E-state index contributed by atoms with van der Waals surface area (Å²) in [6, 6.07) is 3.24. The zero-order chi connectivity index (χ0) is 12.7. The standard InChI is InChI=1S/C12H15N3O3/c13-7-3-9-12(10(17)4-7)14-6-15(9)11-2-1-8(5-16)18-11/h3-4,6,8,11,16-17H,1-2,5,13H2/t8-,11-/m0/s1. The number of rotatable bonds is 2. The summed E-state index contributed by atoms with van der Waals surface area (Å²) >= 11 is 0. The van der Waals surface area contributed by atoms with E-state index in [-0.39, 0.29) is 24.7 Å². The Morgan fingerprint density at radius 3 is 3.00 bits per heavy atom. The molecule has 2 atom stereocenters. The molecule has 0 unspecified atom stereocenters. The van der Waals surface area contributed by atoms with E-state index in [4.69, 9.17) is 15.6 Å². The molecule has 0 saturated carbocycles. The van der Waals surface area contributed by atoms with E-state index in [0.717, 1.165) is 18.4 Å². The van der Waals surface area contributed by atoms with Gasteiger partial charge in [0.15, 0.2) is 0 Å². The molecule has 0 aliphatic carbocycles. The van der Waals surface area contributed by atoms with Gasteiger partial charge in [-0.25, -0.2) is 4.98 Å². The highest BCUT2D eigenvalue weighted by atomic mass is 16.5. The second-order valence-electron chi connectivity index (χ2n) is 4.53. The highest BCUT2D eigenvalue weighted by Gasteiger charge is 2.27. The lowest BCUT2D eigenvalue weighted by Crippen LogP contribution is -2.13. The number of aliphatic hydroxyl groups is 1. The summed E-state index contributed by atoms with van der Waals surface area (Å²) in [6.07, 6.45) is 2.98. The number of anilines is 1. The van der Waals surface area contributed by atoms with Crippen LogP contribution in [-0.4, -0.2) is 32.5 Å². The first-order chi connectivity index (χ1) is 8.69. The Balaban J connectivity index is 2.03. The number of nitrogens with two attached hydrogens (primary N) is 1. The predicted molar refractivity (Wildman–Crippen MR) is 66.0 cm³/mol. The Labute approximate surface area is 104 Å². The van der Waals surface area contributed by atoms with E-state index in [1.807, 2.05) is 4.57 Å². The van der Waals surface area contributed by atoms with Crippen molar-refractivity contribution >= 4 is 16.7 Å². The van der Waals surface area contributed by atoms with E-state index in [0.29, 0.717) is 11.2 Å². The summed E-state index contributed by atoms with van der Waals surface area (Å²) in [5.41, 5.74) is 7.47. The molecular weight excluding hydrogens is 234 g/mol. The number of phenolic OH excluding ortho intramolecular Hbond substituents is 1. The van der Waals surface area contributed by atoms with Crippen molar-refractivity contribution in [3.63, 3.8) is 0 Å². The zero-order valence-electron chi connectivity index (χ0n) is 9.78. The van der Waals surface area contributed by atoms with Crippen LogP contribution in [0, 0.1) is 0 Å². The van der Waals surface area contributed by atoms with E-state index < -0.39 is 0 Å². The SMILES string of the molecule is Nc1cc(O)c2ncn([C@@H]3CC[C@@H](CO)O3)c2c1. The lowest BCUT2D eigenvalue weighted by molar-refractivity contribution is -0.0204. The minimum Gasteiger partial charge on any atom is -0.506 e. The first-order valence-electron chi connectivity index (χ1n) is 5.90. The molecule has 2 aromatic rings. The van der Waals surface area contributed by atoms with E-state index >= 15 is 0 Å². The van der Waals surface area contributed by atoms with Gasteiger partial charge in [0, 0.05) is 11.8 Å². The lowest BCUT2D eigenvalue weighted by atomic mass is 10.2. The van der Waals surface area contributed by atoms with Crippen molar-refractivity contribution in [1.82, 2.24) is 9.55 Å². The largest absolute Gasteiger partial charge is 0.506 e. The van der Waals surface area contributed by atoms with E-state index in [9.17, 15) is 5.11 Å². The van der Waals surface area contributed by atoms with Crippen molar-refractivity contribution in [3.8, 4) is 5.75 Å². The molecule has 0 amide bonds. The molecular formula is C12H15N3O3. The smallest absolute Gasteiger partial charge is 0.145 e. The number of aromatic nitrogens is 2. The second-order valence-corrected chi connectivity index (χ2v) is 4.53. The van der Waals surface area contributed by atoms with Crippen LogP contribution < -0.4 is 5.73 Å². The highest BCUT2D eigenvalue weighted by molar-refractivity contribution is 5.85. The Kier molecular flexibility index (Phi) is 2.61. The van der Waals surface area contributed by atoms with Crippen LogP contribution in [0.15, 0.2) is 18.5 Å². The summed E-state index contributed by atoms with van der Waals surface area (Å²) < 4.78 is 7.54. The molecule has 6 heteroatoms. The Morgan fingerprint density at radius 2 is 2.28 bits per heavy atom. The molecule has 1 aliphatic rings. The molecule has 1 saturated heterocycles. The number of nitrogen functional groups attached to an aromatic ring is 1. The van der Waals surface area contributed by atoms with Crippen LogP contribution in [0.3, 0.4) is 0 Å². The fraction of sp³-hybridized carbons (Fsp3) is 0.417. The summed E-state index contributed by atoms with van der Waals surface area (Å²) in [4.78, 5) is 4.17. The van der Waals surface area contributed by atoms with Gasteiger partial charge in [-0.15, -0.1) is 0 Å². The molecule has 18 heavy (non-hydrogen) atoms. The number of nitrogens with zero attached hydrogens (tertiary/aromatic N) is 2. The van der Waals surface area contributed by atoms with Crippen molar-refractivity contribution in [2.45, 2.75) is 25.2 Å². The Bertz CT molecular complexity index is 581. The van der Waals surface area contributed by atoms with Gasteiger partial charge in [0.25, 0.3) is 0 Å². The molecule has 2 heterocycles. The highest BCUT2D eigenvalue weighted by Crippen LogP contribution is 2.33. The molecule has 1 aromatic carbocycles. The molecule has 6 nitrogen and oxygen atoms in total. The number of ether oxygens (including phenoxy) is 1.